The summed E-state index contributed by atoms with van der Waals surface area (Å²) in [6.07, 6.45) is 2.63. The van der Waals surface area contributed by atoms with Crippen LogP contribution >= 0.6 is 11.6 Å². The first-order chi connectivity index (χ1) is 15.6. The minimum Gasteiger partial charge on any atom is -0.322 e. The zero-order valence-electron chi connectivity index (χ0n) is 17.6. The summed E-state index contributed by atoms with van der Waals surface area (Å²) in [5.41, 5.74) is 3.51. The number of nitrogens with zero attached hydrogens (tertiary/aromatic N) is 1. The van der Waals surface area contributed by atoms with E-state index >= 15 is 0 Å². The molecule has 5 nitrogen and oxygen atoms in total. The average Bonchev–Trinajstić information content (AvgIpc) is 2.82. The van der Waals surface area contributed by atoms with Crippen LogP contribution in [0.25, 0.3) is 0 Å². The number of benzene rings is 3. The van der Waals surface area contributed by atoms with Gasteiger partial charge < -0.3 is 10.6 Å². The summed E-state index contributed by atoms with van der Waals surface area (Å²) in [6.45, 7) is 2.39. The first kappa shape index (κ1) is 21.8. The van der Waals surface area contributed by atoms with Crippen LogP contribution in [0, 0.1) is 0 Å². The Morgan fingerprint density at radius 3 is 2.28 bits per heavy atom. The summed E-state index contributed by atoms with van der Waals surface area (Å²) >= 11 is 5.90. The number of rotatable bonds is 6. The maximum absolute atomic E-state index is 12.9. The Morgan fingerprint density at radius 2 is 1.56 bits per heavy atom. The van der Waals surface area contributed by atoms with Crippen molar-refractivity contribution in [2.24, 2.45) is 0 Å². The second-order valence-electron chi connectivity index (χ2n) is 7.66. The molecule has 0 spiro atoms. The lowest BCUT2D eigenvalue weighted by atomic mass is 10.1. The molecule has 32 heavy (non-hydrogen) atoms. The lowest BCUT2D eigenvalue weighted by molar-refractivity contribution is -0.113. The highest BCUT2D eigenvalue weighted by atomic mass is 35.5. The fourth-order valence-electron chi connectivity index (χ4n) is 3.63. The fourth-order valence-corrected chi connectivity index (χ4v) is 3.75. The predicted octanol–water partition coefficient (Wildman–Crippen LogP) is 5.36. The van der Waals surface area contributed by atoms with Crippen molar-refractivity contribution in [1.82, 2.24) is 4.90 Å². The molecule has 0 saturated heterocycles. The number of hydrogen-bond donors (Lipinski definition) is 2. The largest absolute Gasteiger partial charge is 0.322 e. The highest BCUT2D eigenvalue weighted by molar-refractivity contribution is 6.30. The van der Waals surface area contributed by atoms with Gasteiger partial charge >= 0.3 is 0 Å². The van der Waals surface area contributed by atoms with Crippen molar-refractivity contribution in [2.45, 2.75) is 13.0 Å². The number of halogens is 1. The average molecular weight is 446 g/mol. The molecule has 0 bridgehead atoms. The molecule has 6 heteroatoms. The lowest BCUT2D eigenvalue weighted by Gasteiger charge is -2.26. The highest BCUT2D eigenvalue weighted by Crippen LogP contribution is 2.21. The number of anilines is 2. The van der Waals surface area contributed by atoms with E-state index in [0.717, 1.165) is 25.2 Å². The van der Waals surface area contributed by atoms with E-state index in [1.54, 1.807) is 48.5 Å². The molecule has 0 unspecified atom stereocenters. The number of nitrogens with one attached hydrogen (secondary N) is 2. The molecule has 1 aliphatic heterocycles. The summed E-state index contributed by atoms with van der Waals surface area (Å²) in [5, 5.41) is 6.35. The first-order valence-corrected chi connectivity index (χ1v) is 10.9. The third-order valence-corrected chi connectivity index (χ3v) is 5.61. The molecule has 1 heterocycles. The number of para-hydroxylation sites is 1. The molecule has 0 aliphatic carbocycles. The van der Waals surface area contributed by atoms with Gasteiger partial charge in [-0.15, -0.1) is 0 Å². The highest BCUT2D eigenvalue weighted by Gasteiger charge is 2.19. The Hall–Kier alpha value is -3.41. The van der Waals surface area contributed by atoms with E-state index in [9.17, 15) is 9.59 Å². The van der Waals surface area contributed by atoms with E-state index in [0.29, 0.717) is 28.4 Å². The Morgan fingerprint density at radius 1 is 0.844 bits per heavy atom. The second-order valence-corrected chi connectivity index (χ2v) is 8.10. The fraction of sp³-hybridized carbons (Fsp3) is 0.154. The van der Waals surface area contributed by atoms with Gasteiger partial charge in [-0.1, -0.05) is 60.1 Å². The zero-order valence-corrected chi connectivity index (χ0v) is 18.3. The van der Waals surface area contributed by atoms with Crippen LogP contribution in [0.3, 0.4) is 0 Å². The van der Waals surface area contributed by atoms with Gasteiger partial charge in [-0.2, -0.15) is 0 Å². The van der Waals surface area contributed by atoms with Crippen LogP contribution in [0.4, 0.5) is 11.4 Å². The van der Waals surface area contributed by atoms with Gasteiger partial charge in [0.15, 0.2) is 0 Å². The van der Waals surface area contributed by atoms with E-state index in [2.05, 4.69) is 27.7 Å². The summed E-state index contributed by atoms with van der Waals surface area (Å²) in [7, 11) is 0. The van der Waals surface area contributed by atoms with Crippen molar-refractivity contribution in [3.05, 3.63) is 107 Å². The molecule has 3 aromatic carbocycles. The number of carbonyl (C=O) groups is 2. The molecule has 0 radical (unpaired) electrons. The molecular formula is C26H24ClN3O2. The van der Waals surface area contributed by atoms with E-state index < -0.39 is 0 Å². The first-order valence-electron chi connectivity index (χ1n) is 10.5. The van der Waals surface area contributed by atoms with Crippen LogP contribution in [-0.2, 0) is 11.3 Å². The van der Waals surface area contributed by atoms with Crippen LogP contribution in [-0.4, -0.2) is 29.8 Å². The van der Waals surface area contributed by atoms with Crippen LogP contribution in [0.2, 0.25) is 5.02 Å². The van der Waals surface area contributed by atoms with Crippen molar-refractivity contribution in [1.29, 1.82) is 0 Å². The standard InChI is InChI=1S/C26H24ClN3O2/c27-21-10-12-22(13-11-21)28-26(32)23-8-4-5-9-24(23)29-25(31)20-14-16-30(17-15-20)18-19-6-2-1-3-7-19/h1-14H,15-18H2,(H,28,32)(H,29,31). The predicted molar refractivity (Wildman–Crippen MR) is 129 cm³/mol. The third-order valence-electron chi connectivity index (χ3n) is 5.36. The maximum Gasteiger partial charge on any atom is 0.257 e. The van der Waals surface area contributed by atoms with Crippen molar-refractivity contribution in [3.63, 3.8) is 0 Å². The van der Waals surface area contributed by atoms with Crippen LogP contribution < -0.4 is 10.6 Å². The van der Waals surface area contributed by atoms with Crippen molar-refractivity contribution in [2.75, 3.05) is 23.7 Å². The molecule has 0 fully saturated rings. The molecular weight excluding hydrogens is 422 g/mol. The Labute approximate surface area is 192 Å². The number of hydrogen-bond acceptors (Lipinski definition) is 3. The smallest absolute Gasteiger partial charge is 0.257 e. The van der Waals surface area contributed by atoms with Crippen molar-refractivity contribution in [3.8, 4) is 0 Å². The van der Waals surface area contributed by atoms with E-state index in [1.165, 1.54) is 5.56 Å². The van der Waals surface area contributed by atoms with Gasteiger partial charge in [-0.25, -0.2) is 0 Å². The molecule has 2 N–H and O–H groups in total. The van der Waals surface area contributed by atoms with Gasteiger partial charge in [0.1, 0.15) is 0 Å². The molecule has 1 aliphatic rings. The van der Waals surface area contributed by atoms with Gasteiger partial charge in [-0.3, -0.25) is 14.5 Å². The third kappa shape index (κ3) is 5.63. The van der Waals surface area contributed by atoms with Crippen molar-refractivity contribution < 1.29 is 9.59 Å². The van der Waals surface area contributed by atoms with E-state index in [-0.39, 0.29) is 11.8 Å². The minimum absolute atomic E-state index is 0.170. The van der Waals surface area contributed by atoms with Crippen LogP contribution in [0.1, 0.15) is 22.3 Å². The van der Waals surface area contributed by atoms with E-state index in [1.807, 2.05) is 24.3 Å². The molecule has 4 rings (SSSR count). The molecule has 3 aromatic rings. The Balaban J connectivity index is 1.39. The van der Waals surface area contributed by atoms with Gasteiger partial charge in [0.2, 0.25) is 0 Å². The SMILES string of the molecule is O=C(Nc1ccccc1C(=O)Nc1ccc(Cl)cc1)C1=CCN(Cc2ccccc2)CC1. The van der Waals surface area contributed by atoms with Gasteiger partial charge in [0.05, 0.1) is 11.3 Å². The monoisotopic (exact) mass is 445 g/mol. The quantitative estimate of drug-likeness (QED) is 0.536. The Kier molecular flexibility index (Phi) is 7.00. The summed E-state index contributed by atoms with van der Waals surface area (Å²) in [6, 6.07) is 24.2. The number of carbonyl (C=O) groups excluding carboxylic acids is 2. The topological polar surface area (TPSA) is 61.4 Å². The second kappa shape index (κ2) is 10.3. The normalized spacial score (nSPS) is 13.8. The molecule has 0 aromatic heterocycles. The van der Waals surface area contributed by atoms with Gasteiger partial charge in [-0.05, 0) is 48.4 Å². The van der Waals surface area contributed by atoms with Crippen LogP contribution in [0.5, 0.6) is 0 Å². The maximum atomic E-state index is 12.9. The minimum atomic E-state index is -0.296. The number of amides is 2. The zero-order chi connectivity index (χ0) is 22.3. The molecule has 0 atom stereocenters. The van der Waals surface area contributed by atoms with E-state index in [4.69, 9.17) is 11.6 Å². The molecule has 162 valence electrons. The Bertz CT molecular complexity index is 1130. The van der Waals surface area contributed by atoms with Crippen LogP contribution in [0.15, 0.2) is 90.5 Å². The summed E-state index contributed by atoms with van der Waals surface area (Å²) < 4.78 is 0. The molecule has 2 amide bonds. The lowest BCUT2D eigenvalue weighted by Crippen LogP contribution is -2.31. The summed E-state index contributed by atoms with van der Waals surface area (Å²) in [5.74, 6) is -0.467. The molecule has 0 saturated carbocycles. The summed E-state index contributed by atoms with van der Waals surface area (Å²) in [4.78, 5) is 27.9. The van der Waals surface area contributed by atoms with Gasteiger partial charge in [0.25, 0.3) is 11.8 Å². The van der Waals surface area contributed by atoms with Crippen molar-refractivity contribution >= 4 is 34.8 Å². The van der Waals surface area contributed by atoms with Gasteiger partial charge in [0, 0.05) is 35.9 Å².